The number of nitrogens with zero attached hydrogens (tertiary/aromatic N) is 2. The zero-order valence-corrected chi connectivity index (χ0v) is 12.0. The third-order valence-corrected chi connectivity index (χ3v) is 4.27. The molecule has 0 atom stereocenters. The first kappa shape index (κ1) is 12.7. The van der Waals surface area contributed by atoms with E-state index in [1.165, 1.54) is 5.56 Å². The summed E-state index contributed by atoms with van der Waals surface area (Å²) in [5.41, 5.74) is 7.86. The van der Waals surface area contributed by atoms with Gasteiger partial charge in [-0.2, -0.15) is 0 Å². The predicted molar refractivity (Wildman–Crippen MR) is 75.8 cm³/mol. The van der Waals surface area contributed by atoms with E-state index in [-0.39, 0.29) is 0 Å². The average molecular weight is 312 g/mol. The lowest BCUT2D eigenvalue weighted by Gasteiger charge is -2.08. The highest BCUT2D eigenvalue weighted by atomic mass is 79.9. The zero-order chi connectivity index (χ0) is 12.3. The van der Waals surface area contributed by atoms with E-state index >= 15 is 0 Å². The van der Waals surface area contributed by atoms with Gasteiger partial charge >= 0.3 is 0 Å². The van der Waals surface area contributed by atoms with Crippen molar-refractivity contribution >= 4 is 27.7 Å². The van der Waals surface area contributed by atoms with E-state index in [1.807, 2.05) is 12.4 Å². The van der Waals surface area contributed by atoms with E-state index in [0.717, 1.165) is 21.1 Å². The Bertz CT molecular complexity index is 510. The van der Waals surface area contributed by atoms with Crippen LogP contribution in [-0.4, -0.2) is 21.8 Å². The number of imidazole rings is 1. The normalized spacial score (nSPS) is 10.8. The van der Waals surface area contributed by atoms with Crippen molar-refractivity contribution in [1.82, 2.24) is 9.55 Å². The fraction of sp³-hybridized carbons (Fsp3) is 0.250. The predicted octanol–water partition coefficient (Wildman–Crippen LogP) is 2.99. The van der Waals surface area contributed by atoms with Crippen molar-refractivity contribution < 1.29 is 0 Å². The molecule has 0 saturated carbocycles. The Balaban J connectivity index is 2.32. The van der Waals surface area contributed by atoms with Crippen LogP contribution in [0.1, 0.15) is 5.56 Å². The molecule has 0 unspecified atom stereocenters. The van der Waals surface area contributed by atoms with Crippen molar-refractivity contribution in [2.24, 2.45) is 5.73 Å². The van der Waals surface area contributed by atoms with Gasteiger partial charge in [-0.1, -0.05) is 27.7 Å². The minimum absolute atomic E-state index is 0.664. The molecule has 0 bridgehead atoms. The SMILES string of the molecule is Cc1cc(-n2ccnc2SCCN)ccc1Br. The highest BCUT2D eigenvalue weighted by molar-refractivity contribution is 9.10. The molecule has 0 aliphatic carbocycles. The minimum Gasteiger partial charge on any atom is -0.330 e. The Kier molecular flexibility index (Phi) is 4.25. The van der Waals surface area contributed by atoms with Crippen molar-refractivity contribution in [3.05, 3.63) is 40.6 Å². The summed E-state index contributed by atoms with van der Waals surface area (Å²) >= 11 is 5.18. The number of aryl methyl sites for hydroxylation is 1. The summed E-state index contributed by atoms with van der Waals surface area (Å²) in [4.78, 5) is 4.34. The van der Waals surface area contributed by atoms with Crippen LogP contribution in [0.4, 0.5) is 0 Å². The fourth-order valence-corrected chi connectivity index (χ4v) is 2.51. The topological polar surface area (TPSA) is 43.8 Å². The molecule has 90 valence electrons. The monoisotopic (exact) mass is 311 g/mol. The first-order valence-electron chi connectivity index (χ1n) is 5.35. The molecule has 0 fully saturated rings. The molecular weight excluding hydrogens is 298 g/mol. The minimum atomic E-state index is 0.664. The van der Waals surface area contributed by atoms with Crippen LogP contribution in [-0.2, 0) is 0 Å². The van der Waals surface area contributed by atoms with Gasteiger partial charge in [0.15, 0.2) is 5.16 Å². The second-order valence-corrected chi connectivity index (χ2v) is 5.57. The van der Waals surface area contributed by atoms with Crippen molar-refractivity contribution in [2.45, 2.75) is 12.1 Å². The summed E-state index contributed by atoms with van der Waals surface area (Å²) in [6, 6.07) is 6.27. The van der Waals surface area contributed by atoms with Crippen LogP contribution in [0.25, 0.3) is 5.69 Å². The number of hydrogen-bond acceptors (Lipinski definition) is 3. The Morgan fingerprint density at radius 2 is 2.29 bits per heavy atom. The Labute approximate surface area is 114 Å². The van der Waals surface area contributed by atoms with E-state index in [1.54, 1.807) is 11.8 Å². The first-order valence-corrected chi connectivity index (χ1v) is 7.13. The lowest BCUT2D eigenvalue weighted by molar-refractivity contribution is 0.892. The number of hydrogen-bond donors (Lipinski definition) is 1. The number of nitrogens with two attached hydrogens (primary N) is 1. The lowest BCUT2D eigenvalue weighted by atomic mass is 10.2. The van der Waals surface area contributed by atoms with Gasteiger partial charge in [-0.3, -0.25) is 4.57 Å². The standard InChI is InChI=1S/C12H14BrN3S/c1-9-8-10(2-3-11(9)13)16-6-5-15-12(16)17-7-4-14/h2-3,5-6,8H,4,7,14H2,1H3. The van der Waals surface area contributed by atoms with Gasteiger partial charge in [0.1, 0.15) is 0 Å². The summed E-state index contributed by atoms with van der Waals surface area (Å²) in [6.45, 7) is 2.74. The Morgan fingerprint density at radius 3 is 3.00 bits per heavy atom. The molecule has 1 aromatic carbocycles. The maximum Gasteiger partial charge on any atom is 0.172 e. The van der Waals surface area contributed by atoms with Gasteiger partial charge < -0.3 is 5.73 Å². The van der Waals surface area contributed by atoms with Gasteiger partial charge in [-0.25, -0.2) is 4.98 Å². The number of halogens is 1. The molecule has 0 amide bonds. The Hall–Kier alpha value is -0.780. The van der Waals surface area contributed by atoms with E-state index in [4.69, 9.17) is 5.73 Å². The number of thioether (sulfide) groups is 1. The molecule has 1 heterocycles. The third kappa shape index (κ3) is 2.91. The van der Waals surface area contributed by atoms with Crippen LogP contribution < -0.4 is 5.73 Å². The van der Waals surface area contributed by atoms with Crippen LogP contribution in [0.15, 0.2) is 40.2 Å². The van der Waals surface area contributed by atoms with Gasteiger partial charge in [0.2, 0.25) is 0 Å². The van der Waals surface area contributed by atoms with Crippen molar-refractivity contribution in [1.29, 1.82) is 0 Å². The second-order valence-electron chi connectivity index (χ2n) is 3.65. The molecule has 3 nitrogen and oxygen atoms in total. The molecule has 17 heavy (non-hydrogen) atoms. The Morgan fingerprint density at radius 1 is 1.47 bits per heavy atom. The van der Waals surface area contributed by atoms with Gasteiger partial charge in [0.25, 0.3) is 0 Å². The van der Waals surface area contributed by atoms with Gasteiger partial charge in [0, 0.05) is 34.9 Å². The highest BCUT2D eigenvalue weighted by Gasteiger charge is 2.06. The van der Waals surface area contributed by atoms with Crippen LogP contribution in [0.5, 0.6) is 0 Å². The van der Waals surface area contributed by atoms with E-state index in [0.29, 0.717) is 6.54 Å². The maximum atomic E-state index is 5.51. The van der Waals surface area contributed by atoms with E-state index in [9.17, 15) is 0 Å². The molecule has 0 aliphatic rings. The smallest absolute Gasteiger partial charge is 0.172 e. The quantitative estimate of drug-likeness (QED) is 0.883. The summed E-state index contributed by atoms with van der Waals surface area (Å²) in [5, 5.41) is 0.983. The summed E-state index contributed by atoms with van der Waals surface area (Å²) in [7, 11) is 0. The molecule has 2 N–H and O–H groups in total. The summed E-state index contributed by atoms with van der Waals surface area (Å²) in [6.07, 6.45) is 3.79. The summed E-state index contributed by atoms with van der Waals surface area (Å²) < 4.78 is 3.21. The van der Waals surface area contributed by atoms with Crippen LogP contribution in [0.3, 0.4) is 0 Å². The van der Waals surface area contributed by atoms with Crippen molar-refractivity contribution in [3.63, 3.8) is 0 Å². The molecular formula is C12H14BrN3S. The molecule has 1 aromatic heterocycles. The molecule has 0 saturated heterocycles. The second kappa shape index (κ2) is 5.71. The molecule has 0 aliphatic heterocycles. The molecule has 2 aromatic rings. The van der Waals surface area contributed by atoms with Gasteiger partial charge in [-0.05, 0) is 30.7 Å². The number of aromatic nitrogens is 2. The van der Waals surface area contributed by atoms with Gasteiger partial charge in [0.05, 0.1) is 0 Å². The van der Waals surface area contributed by atoms with Crippen LogP contribution in [0, 0.1) is 6.92 Å². The lowest BCUT2D eigenvalue weighted by Crippen LogP contribution is -2.03. The molecule has 5 heteroatoms. The molecule has 0 spiro atoms. The third-order valence-electron chi connectivity index (χ3n) is 2.38. The number of benzene rings is 1. The number of rotatable bonds is 4. The average Bonchev–Trinajstić information content (AvgIpc) is 2.78. The highest BCUT2D eigenvalue weighted by Crippen LogP contribution is 2.23. The zero-order valence-electron chi connectivity index (χ0n) is 9.56. The first-order chi connectivity index (χ1) is 8.22. The summed E-state index contributed by atoms with van der Waals surface area (Å²) in [5.74, 6) is 0.881. The van der Waals surface area contributed by atoms with E-state index in [2.05, 4.69) is 50.6 Å². The largest absolute Gasteiger partial charge is 0.330 e. The van der Waals surface area contributed by atoms with Crippen LogP contribution >= 0.6 is 27.7 Å². The van der Waals surface area contributed by atoms with Crippen molar-refractivity contribution in [3.8, 4) is 5.69 Å². The van der Waals surface area contributed by atoms with E-state index < -0.39 is 0 Å². The van der Waals surface area contributed by atoms with Gasteiger partial charge in [-0.15, -0.1) is 0 Å². The molecule has 2 rings (SSSR count). The van der Waals surface area contributed by atoms with Crippen molar-refractivity contribution in [2.75, 3.05) is 12.3 Å². The maximum absolute atomic E-state index is 5.51. The fourth-order valence-electron chi connectivity index (χ4n) is 1.52. The molecule has 0 radical (unpaired) electrons. The van der Waals surface area contributed by atoms with Crippen LogP contribution in [0.2, 0.25) is 0 Å².